The zero-order chi connectivity index (χ0) is 14.1. The molecule has 3 aromatic rings. The predicted octanol–water partition coefficient (Wildman–Crippen LogP) is 3.94. The van der Waals surface area contributed by atoms with E-state index in [2.05, 4.69) is 47.4 Å². The maximum atomic E-state index is 5.73. The highest BCUT2D eigenvalue weighted by atomic mass is 32.1. The molecule has 0 saturated carbocycles. The summed E-state index contributed by atoms with van der Waals surface area (Å²) in [4.78, 5) is 4.86. The average Bonchev–Trinajstić information content (AvgIpc) is 3.02. The highest BCUT2D eigenvalue weighted by Crippen LogP contribution is 2.30. The van der Waals surface area contributed by atoms with Crippen molar-refractivity contribution < 1.29 is 0 Å². The quantitative estimate of drug-likeness (QED) is 0.789. The Morgan fingerprint density at radius 1 is 1.30 bits per heavy atom. The molecular formula is C16H19N3S. The number of nitrogens with two attached hydrogens (primary N) is 1. The van der Waals surface area contributed by atoms with E-state index in [0.717, 1.165) is 29.9 Å². The maximum Gasteiger partial charge on any atom is 0.142 e. The van der Waals surface area contributed by atoms with Crippen LogP contribution in [-0.2, 0) is 13.1 Å². The molecule has 0 unspecified atom stereocenters. The Labute approximate surface area is 123 Å². The minimum absolute atomic E-state index is 0.559. The van der Waals surface area contributed by atoms with Gasteiger partial charge >= 0.3 is 0 Å². The SMILES string of the molecule is CCCn1c(-c2cscc2C)nc2cc(CN)ccc21. The lowest BCUT2D eigenvalue weighted by Crippen LogP contribution is -2.00. The summed E-state index contributed by atoms with van der Waals surface area (Å²) in [6.45, 7) is 5.89. The van der Waals surface area contributed by atoms with Gasteiger partial charge in [-0.1, -0.05) is 13.0 Å². The Hall–Kier alpha value is -1.65. The van der Waals surface area contributed by atoms with Gasteiger partial charge in [-0.05, 0) is 42.0 Å². The Morgan fingerprint density at radius 3 is 2.80 bits per heavy atom. The van der Waals surface area contributed by atoms with Crippen molar-refractivity contribution in [2.24, 2.45) is 5.73 Å². The van der Waals surface area contributed by atoms with Gasteiger partial charge in [0.1, 0.15) is 5.82 Å². The van der Waals surface area contributed by atoms with E-state index in [9.17, 15) is 0 Å². The van der Waals surface area contributed by atoms with Crippen LogP contribution in [0.1, 0.15) is 24.5 Å². The summed E-state index contributed by atoms with van der Waals surface area (Å²) >= 11 is 1.73. The molecule has 0 atom stereocenters. The minimum atomic E-state index is 0.559. The van der Waals surface area contributed by atoms with E-state index in [1.807, 2.05) is 0 Å². The van der Waals surface area contributed by atoms with E-state index in [0.29, 0.717) is 6.54 Å². The third-order valence-corrected chi connectivity index (χ3v) is 4.45. The zero-order valence-electron chi connectivity index (χ0n) is 11.9. The Balaban J connectivity index is 2.25. The van der Waals surface area contributed by atoms with Crippen LogP contribution in [0.3, 0.4) is 0 Å². The summed E-state index contributed by atoms with van der Waals surface area (Å²) in [5.41, 5.74) is 11.6. The van der Waals surface area contributed by atoms with Crippen LogP contribution in [0.15, 0.2) is 29.0 Å². The van der Waals surface area contributed by atoms with Crippen molar-refractivity contribution in [1.29, 1.82) is 0 Å². The first-order chi connectivity index (χ1) is 9.74. The number of fused-ring (bicyclic) bond motifs is 1. The number of rotatable bonds is 4. The number of aryl methyl sites for hydroxylation is 2. The smallest absolute Gasteiger partial charge is 0.142 e. The van der Waals surface area contributed by atoms with Gasteiger partial charge in [0.05, 0.1) is 11.0 Å². The Morgan fingerprint density at radius 2 is 2.15 bits per heavy atom. The highest BCUT2D eigenvalue weighted by molar-refractivity contribution is 7.08. The lowest BCUT2D eigenvalue weighted by Gasteiger charge is -2.07. The minimum Gasteiger partial charge on any atom is -0.326 e. The van der Waals surface area contributed by atoms with Crippen LogP contribution in [0.5, 0.6) is 0 Å². The van der Waals surface area contributed by atoms with Gasteiger partial charge in [-0.15, -0.1) is 0 Å². The number of hydrogen-bond acceptors (Lipinski definition) is 3. The second kappa shape index (κ2) is 5.38. The lowest BCUT2D eigenvalue weighted by molar-refractivity contribution is 0.704. The van der Waals surface area contributed by atoms with Crippen molar-refractivity contribution in [3.63, 3.8) is 0 Å². The number of nitrogens with zero attached hydrogens (tertiary/aromatic N) is 2. The molecule has 2 N–H and O–H groups in total. The molecule has 0 fully saturated rings. The van der Waals surface area contributed by atoms with Gasteiger partial charge in [0.25, 0.3) is 0 Å². The van der Waals surface area contributed by atoms with Crippen LogP contribution in [-0.4, -0.2) is 9.55 Å². The Kier molecular flexibility index (Phi) is 3.59. The molecule has 0 saturated heterocycles. The van der Waals surface area contributed by atoms with Gasteiger partial charge in [-0.2, -0.15) is 11.3 Å². The first-order valence-corrected chi connectivity index (χ1v) is 7.91. The van der Waals surface area contributed by atoms with Gasteiger partial charge in [0.2, 0.25) is 0 Å². The molecule has 2 heterocycles. The molecule has 3 rings (SSSR count). The predicted molar refractivity (Wildman–Crippen MR) is 86.0 cm³/mol. The number of imidazole rings is 1. The topological polar surface area (TPSA) is 43.8 Å². The fourth-order valence-electron chi connectivity index (χ4n) is 2.55. The molecular weight excluding hydrogens is 266 g/mol. The summed E-state index contributed by atoms with van der Waals surface area (Å²) in [7, 11) is 0. The van der Waals surface area contributed by atoms with Crippen LogP contribution < -0.4 is 5.73 Å². The van der Waals surface area contributed by atoms with Gasteiger partial charge in [-0.25, -0.2) is 4.98 Å². The lowest BCUT2D eigenvalue weighted by atomic mass is 10.2. The van der Waals surface area contributed by atoms with Gasteiger partial charge in [0, 0.05) is 24.0 Å². The summed E-state index contributed by atoms with van der Waals surface area (Å²) in [5, 5.41) is 4.36. The average molecular weight is 285 g/mol. The van der Waals surface area contributed by atoms with Crippen molar-refractivity contribution in [2.45, 2.75) is 33.4 Å². The standard InChI is InChI=1S/C16H19N3S/c1-3-6-19-15-5-4-12(8-17)7-14(15)18-16(19)13-10-20-9-11(13)2/h4-5,7,9-10H,3,6,8,17H2,1-2H3. The van der Waals surface area contributed by atoms with E-state index < -0.39 is 0 Å². The number of aromatic nitrogens is 2. The highest BCUT2D eigenvalue weighted by Gasteiger charge is 2.14. The van der Waals surface area contributed by atoms with Crippen LogP contribution in [0.25, 0.3) is 22.4 Å². The molecule has 3 nitrogen and oxygen atoms in total. The van der Waals surface area contributed by atoms with Crippen molar-refractivity contribution >= 4 is 22.4 Å². The molecule has 0 aliphatic carbocycles. The third kappa shape index (κ3) is 2.15. The van der Waals surface area contributed by atoms with Gasteiger partial charge in [-0.3, -0.25) is 0 Å². The van der Waals surface area contributed by atoms with Crippen molar-refractivity contribution in [2.75, 3.05) is 0 Å². The number of hydrogen-bond donors (Lipinski definition) is 1. The van der Waals surface area contributed by atoms with Crippen LogP contribution in [0.4, 0.5) is 0 Å². The van der Waals surface area contributed by atoms with Crippen LogP contribution in [0.2, 0.25) is 0 Å². The van der Waals surface area contributed by atoms with Crippen molar-refractivity contribution in [3.05, 3.63) is 40.1 Å². The van der Waals surface area contributed by atoms with E-state index >= 15 is 0 Å². The molecule has 0 bridgehead atoms. The van der Waals surface area contributed by atoms with Crippen LogP contribution in [0, 0.1) is 6.92 Å². The van der Waals surface area contributed by atoms with E-state index in [-0.39, 0.29) is 0 Å². The monoisotopic (exact) mass is 285 g/mol. The number of benzene rings is 1. The molecule has 0 aliphatic heterocycles. The number of thiophene rings is 1. The summed E-state index contributed by atoms with van der Waals surface area (Å²) in [6, 6.07) is 6.35. The van der Waals surface area contributed by atoms with Gasteiger partial charge in [0.15, 0.2) is 0 Å². The maximum absolute atomic E-state index is 5.73. The summed E-state index contributed by atoms with van der Waals surface area (Å²) in [5.74, 6) is 1.08. The molecule has 0 aliphatic rings. The van der Waals surface area contributed by atoms with E-state index in [4.69, 9.17) is 10.7 Å². The molecule has 0 spiro atoms. The molecule has 4 heteroatoms. The van der Waals surface area contributed by atoms with Crippen molar-refractivity contribution in [1.82, 2.24) is 9.55 Å². The molecule has 0 radical (unpaired) electrons. The molecule has 1 aromatic carbocycles. The molecule has 2 aromatic heterocycles. The molecule has 20 heavy (non-hydrogen) atoms. The molecule has 104 valence electrons. The largest absolute Gasteiger partial charge is 0.326 e. The van der Waals surface area contributed by atoms with Crippen LogP contribution >= 0.6 is 11.3 Å². The normalized spacial score (nSPS) is 11.3. The summed E-state index contributed by atoms with van der Waals surface area (Å²) < 4.78 is 2.32. The van der Waals surface area contributed by atoms with E-state index in [1.165, 1.54) is 16.6 Å². The Bertz CT molecular complexity index is 739. The molecule has 0 amide bonds. The fraction of sp³-hybridized carbons (Fsp3) is 0.312. The zero-order valence-corrected chi connectivity index (χ0v) is 12.7. The second-order valence-corrected chi connectivity index (χ2v) is 5.83. The third-order valence-electron chi connectivity index (χ3n) is 3.59. The second-order valence-electron chi connectivity index (χ2n) is 5.08. The fourth-order valence-corrected chi connectivity index (χ4v) is 3.37. The first-order valence-electron chi connectivity index (χ1n) is 6.97. The van der Waals surface area contributed by atoms with E-state index in [1.54, 1.807) is 11.3 Å². The summed E-state index contributed by atoms with van der Waals surface area (Å²) in [6.07, 6.45) is 1.10. The van der Waals surface area contributed by atoms with Crippen molar-refractivity contribution in [3.8, 4) is 11.4 Å². The van der Waals surface area contributed by atoms with Gasteiger partial charge < -0.3 is 10.3 Å². The first kappa shape index (κ1) is 13.3.